The van der Waals surface area contributed by atoms with Gasteiger partial charge < -0.3 is 10.1 Å². The SMILES string of the molecule is CCOCc1ccccc1CNC(=O)c1cccc(Br)n1. The van der Waals surface area contributed by atoms with Gasteiger partial charge in [0.25, 0.3) is 5.91 Å². The van der Waals surface area contributed by atoms with Crippen molar-refractivity contribution in [2.75, 3.05) is 6.61 Å². The van der Waals surface area contributed by atoms with Crippen LogP contribution in [0.3, 0.4) is 0 Å². The van der Waals surface area contributed by atoms with Gasteiger partial charge in [0, 0.05) is 13.2 Å². The van der Waals surface area contributed by atoms with Crippen LogP contribution in [0, 0.1) is 0 Å². The van der Waals surface area contributed by atoms with E-state index >= 15 is 0 Å². The molecular weight excluding hydrogens is 332 g/mol. The minimum Gasteiger partial charge on any atom is -0.377 e. The highest BCUT2D eigenvalue weighted by Gasteiger charge is 2.08. The van der Waals surface area contributed by atoms with E-state index in [0.29, 0.717) is 30.1 Å². The summed E-state index contributed by atoms with van der Waals surface area (Å²) in [5, 5.41) is 2.88. The van der Waals surface area contributed by atoms with Crippen LogP contribution in [-0.2, 0) is 17.9 Å². The van der Waals surface area contributed by atoms with E-state index in [1.807, 2.05) is 31.2 Å². The van der Waals surface area contributed by atoms with Gasteiger partial charge in [-0.25, -0.2) is 4.98 Å². The molecule has 0 bridgehead atoms. The van der Waals surface area contributed by atoms with E-state index in [9.17, 15) is 4.79 Å². The third kappa shape index (κ3) is 4.65. The predicted octanol–water partition coefficient (Wildman–Crippen LogP) is 3.31. The van der Waals surface area contributed by atoms with Crippen LogP contribution in [0.4, 0.5) is 0 Å². The van der Waals surface area contributed by atoms with Crippen LogP contribution in [0.1, 0.15) is 28.5 Å². The number of nitrogens with zero attached hydrogens (tertiary/aromatic N) is 1. The Morgan fingerprint density at radius 3 is 2.67 bits per heavy atom. The Labute approximate surface area is 132 Å². The van der Waals surface area contributed by atoms with Crippen molar-refractivity contribution in [3.05, 3.63) is 63.9 Å². The molecule has 1 heterocycles. The van der Waals surface area contributed by atoms with Crippen molar-refractivity contribution in [2.45, 2.75) is 20.1 Å². The van der Waals surface area contributed by atoms with Gasteiger partial charge in [0.05, 0.1) is 6.61 Å². The topological polar surface area (TPSA) is 51.2 Å². The molecule has 110 valence electrons. The Morgan fingerprint density at radius 1 is 1.19 bits per heavy atom. The second kappa shape index (κ2) is 7.90. The van der Waals surface area contributed by atoms with Gasteiger partial charge in [-0.05, 0) is 46.1 Å². The van der Waals surface area contributed by atoms with E-state index in [0.717, 1.165) is 11.1 Å². The van der Waals surface area contributed by atoms with E-state index in [4.69, 9.17) is 4.74 Å². The third-order valence-electron chi connectivity index (χ3n) is 2.97. The van der Waals surface area contributed by atoms with E-state index in [-0.39, 0.29) is 5.91 Å². The summed E-state index contributed by atoms with van der Waals surface area (Å²) in [6.45, 7) is 3.64. The van der Waals surface area contributed by atoms with Gasteiger partial charge in [-0.15, -0.1) is 0 Å². The molecule has 0 saturated heterocycles. The standard InChI is InChI=1S/C16H17BrN2O2/c1-2-21-11-13-7-4-3-6-12(13)10-18-16(20)14-8-5-9-15(17)19-14/h3-9H,2,10-11H2,1H3,(H,18,20). The molecule has 0 radical (unpaired) electrons. The molecule has 2 rings (SSSR count). The summed E-state index contributed by atoms with van der Waals surface area (Å²) in [6.07, 6.45) is 0. The molecule has 1 amide bonds. The van der Waals surface area contributed by atoms with Crippen LogP contribution in [0.5, 0.6) is 0 Å². The number of ether oxygens (including phenoxy) is 1. The van der Waals surface area contributed by atoms with E-state index in [1.165, 1.54) is 0 Å². The molecule has 21 heavy (non-hydrogen) atoms. The van der Waals surface area contributed by atoms with E-state index < -0.39 is 0 Å². The maximum absolute atomic E-state index is 12.1. The minimum atomic E-state index is -0.192. The maximum Gasteiger partial charge on any atom is 0.270 e. The Kier molecular flexibility index (Phi) is 5.90. The monoisotopic (exact) mass is 348 g/mol. The summed E-state index contributed by atoms with van der Waals surface area (Å²) in [5.41, 5.74) is 2.53. The minimum absolute atomic E-state index is 0.192. The number of aromatic nitrogens is 1. The molecule has 0 saturated carbocycles. The van der Waals surface area contributed by atoms with Gasteiger partial charge in [-0.2, -0.15) is 0 Å². The first-order valence-electron chi connectivity index (χ1n) is 6.76. The molecule has 0 fully saturated rings. The molecular formula is C16H17BrN2O2. The number of nitrogens with one attached hydrogen (secondary N) is 1. The first-order chi connectivity index (χ1) is 10.2. The zero-order valence-electron chi connectivity index (χ0n) is 11.8. The molecule has 0 atom stereocenters. The average molecular weight is 349 g/mol. The normalized spacial score (nSPS) is 10.4. The van der Waals surface area contributed by atoms with Crippen molar-refractivity contribution in [1.29, 1.82) is 0 Å². The summed E-state index contributed by atoms with van der Waals surface area (Å²) in [5.74, 6) is -0.192. The lowest BCUT2D eigenvalue weighted by Crippen LogP contribution is -2.24. The van der Waals surface area contributed by atoms with Crippen LogP contribution < -0.4 is 5.32 Å². The Bertz CT molecular complexity index is 617. The zero-order chi connectivity index (χ0) is 15.1. The summed E-state index contributed by atoms with van der Waals surface area (Å²) in [7, 11) is 0. The van der Waals surface area contributed by atoms with Gasteiger partial charge >= 0.3 is 0 Å². The summed E-state index contributed by atoms with van der Waals surface area (Å²) >= 11 is 3.26. The lowest BCUT2D eigenvalue weighted by Gasteiger charge is -2.10. The lowest BCUT2D eigenvalue weighted by atomic mass is 10.1. The Morgan fingerprint density at radius 2 is 1.95 bits per heavy atom. The molecule has 0 aliphatic heterocycles. The fourth-order valence-electron chi connectivity index (χ4n) is 1.88. The quantitative estimate of drug-likeness (QED) is 0.814. The van der Waals surface area contributed by atoms with Gasteiger partial charge in [0.15, 0.2) is 0 Å². The van der Waals surface area contributed by atoms with Crippen molar-refractivity contribution in [3.8, 4) is 0 Å². The van der Waals surface area contributed by atoms with Crippen molar-refractivity contribution < 1.29 is 9.53 Å². The van der Waals surface area contributed by atoms with Gasteiger partial charge in [-0.3, -0.25) is 4.79 Å². The fraction of sp³-hybridized carbons (Fsp3) is 0.250. The van der Waals surface area contributed by atoms with Gasteiger partial charge in [-0.1, -0.05) is 30.3 Å². The molecule has 1 aromatic heterocycles. The number of halogens is 1. The largest absolute Gasteiger partial charge is 0.377 e. The summed E-state index contributed by atoms with van der Waals surface area (Å²) in [4.78, 5) is 16.2. The van der Waals surface area contributed by atoms with Crippen LogP contribution in [-0.4, -0.2) is 17.5 Å². The second-order valence-electron chi connectivity index (χ2n) is 4.43. The highest BCUT2D eigenvalue weighted by molar-refractivity contribution is 9.10. The van der Waals surface area contributed by atoms with Crippen LogP contribution in [0.25, 0.3) is 0 Å². The second-order valence-corrected chi connectivity index (χ2v) is 5.25. The summed E-state index contributed by atoms with van der Waals surface area (Å²) < 4.78 is 6.08. The number of pyridine rings is 1. The molecule has 2 aromatic rings. The highest BCUT2D eigenvalue weighted by Crippen LogP contribution is 2.11. The van der Waals surface area contributed by atoms with Crippen molar-refractivity contribution in [2.24, 2.45) is 0 Å². The highest BCUT2D eigenvalue weighted by atomic mass is 79.9. The number of rotatable bonds is 6. The smallest absolute Gasteiger partial charge is 0.270 e. The molecule has 0 aliphatic carbocycles. The number of benzene rings is 1. The molecule has 1 aromatic carbocycles. The Balaban J connectivity index is 2.01. The van der Waals surface area contributed by atoms with Crippen LogP contribution in [0.2, 0.25) is 0 Å². The average Bonchev–Trinajstić information content (AvgIpc) is 2.51. The molecule has 0 spiro atoms. The van der Waals surface area contributed by atoms with Crippen molar-refractivity contribution >= 4 is 21.8 Å². The lowest BCUT2D eigenvalue weighted by molar-refractivity contribution is 0.0944. The van der Waals surface area contributed by atoms with Crippen LogP contribution >= 0.6 is 15.9 Å². The van der Waals surface area contributed by atoms with Crippen molar-refractivity contribution in [3.63, 3.8) is 0 Å². The number of hydrogen-bond acceptors (Lipinski definition) is 3. The number of hydrogen-bond donors (Lipinski definition) is 1. The van der Waals surface area contributed by atoms with Gasteiger partial charge in [0.1, 0.15) is 10.3 Å². The number of carbonyl (C=O) groups excluding carboxylic acids is 1. The fourth-order valence-corrected chi connectivity index (χ4v) is 2.23. The molecule has 1 N–H and O–H groups in total. The van der Waals surface area contributed by atoms with E-state index in [1.54, 1.807) is 18.2 Å². The van der Waals surface area contributed by atoms with Gasteiger partial charge in [0.2, 0.25) is 0 Å². The molecule has 0 unspecified atom stereocenters. The zero-order valence-corrected chi connectivity index (χ0v) is 13.4. The molecule has 0 aliphatic rings. The first-order valence-corrected chi connectivity index (χ1v) is 7.55. The predicted molar refractivity (Wildman–Crippen MR) is 84.9 cm³/mol. The van der Waals surface area contributed by atoms with Crippen molar-refractivity contribution in [1.82, 2.24) is 10.3 Å². The maximum atomic E-state index is 12.1. The Hall–Kier alpha value is -1.72. The van der Waals surface area contributed by atoms with E-state index in [2.05, 4.69) is 26.2 Å². The summed E-state index contributed by atoms with van der Waals surface area (Å²) in [6, 6.07) is 13.2. The number of carbonyl (C=O) groups is 1. The number of amides is 1. The molecule has 5 heteroatoms. The van der Waals surface area contributed by atoms with Crippen LogP contribution in [0.15, 0.2) is 47.1 Å². The third-order valence-corrected chi connectivity index (χ3v) is 3.41. The molecule has 4 nitrogen and oxygen atoms in total. The first kappa shape index (κ1) is 15.7.